The van der Waals surface area contributed by atoms with E-state index < -0.39 is 0 Å². The minimum Gasteiger partial charge on any atom is -0.383 e. The monoisotopic (exact) mass is 169 g/mol. The minimum atomic E-state index is 0.469. The molecule has 0 fully saturated rings. The largest absolute Gasteiger partial charge is 0.383 e. The number of hydrogen-bond donors (Lipinski definition) is 0. The number of nitrogens with zero attached hydrogens (tertiary/aromatic N) is 3. The summed E-state index contributed by atoms with van der Waals surface area (Å²) in [5.41, 5.74) is 1.16. The Morgan fingerprint density at radius 1 is 1.58 bits per heavy atom. The Bertz CT molecular complexity index is 232. The molecule has 0 bridgehead atoms. The molecule has 0 aliphatic carbocycles. The van der Waals surface area contributed by atoms with E-state index in [1.54, 1.807) is 13.3 Å². The molecule has 0 saturated carbocycles. The summed E-state index contributed by atoms with van der Waals surface area (Å²) in [6, 6.07) is 0. The molecule has 0 spiro atoms. The summed E-state index contributed by atoms with van der Waals surface area (Å²) in [5.74, 6) is 0.469. The zero-order valence-corrected chi connectivity index (χ0v) is 7.82. The summed E-state index contributed by atoms with van der Waals surface area (Å²) in [5, 5.41) is 7.82. The summed E-state index contributed by atoms with van der Waals surface area (Å²) in [7, 11) is 1.69. The van der Waals surface area contributed by atoms with E-state index in [0.717, 1.165) is 12.2 Å². The van der Waals surface area contributed by atoms with Gasteiger partial charge in [-0.15, -0.1) is 5.10 Å². The van der Waals surface area contributed by atoms with Crippen molar-refractivity contribution < 1.29 is 4.74 Å². The molecule has 0 aromatic carbocycles. The first-order valence-electron chi connectivity index (χ1n) is 4.13. The van der Waals surface area contributed by atoms with Gasteiger partial charge in [0, 0.05) is 7.11 Å². The molecule has 1 rings (SSSR count). The maximum Gasteiger partial charge on any atom is 0.0727 e. The normalized spacial score (nSPS) is 11.0. The van der Waals surface area contributed by atoms with Gasteiger partial charge >= 0.3 is 0 Å². The maximum atomic E-state index is 4.96. The lowest BCUT2D eigenvalue weighted by atomic mass is 10.1. The van der Waals surface area contributed by atoms with Crippen molar-refractivity contribution in [2.24, 2.45) is 0 Å². The molecule has 12 heavy (non-hydrogen) atoms. The highest BCUT2D eigenvalue weighted by molar-refractivity contribution is 4.99. The van der Waals surface area contributed by atoms with Gasteiger partial charge in [0.05, 0.1) is 25.0 Å². The van der Waals surface area contributed by atoms with Crippen molar-refractivity contribution in [2.45, 2.75) is 26.3 Å². The Morgan fingerprint density at radius 3 is 2.92 bits per heavy atom. The first-order chi connectivity index (χ1) is 5.75. The molecular weight excluding hydrogens is 154 g/mol. The fourth-order valence-corrected chi connectivity index (χ4v) is 1.06. The van der Waals surface area contributed by atoms with Crippen LogP contribution in [0, 0.1) is 0 Å². The Morgan fingerprint density at radius 2 is 2.33 bits per heavy atom. The molecule has 0 radical (unpaired) electrons. The highest BCUT2D eigenvalue weighted by atomic mass is 16.5. The van der Waals surface area contributed by atoms with Gasteiger partial charge in [0.2, 0.25) is 0 Å². The third-order valence-corrected chi connectivity index (χ3v) is 1.75. The van der Waals surface area contributed by atoms with Crippen molar-refractivity contribution in [1.29, 1.82) is 0 Å². The topological polar surface area (TPSA) is 39.9 Å². The van der Waals surface area contributed by atoms with Crippen molar-refractivity contribution in [3.8, 4) is 0 Å². The molecule has 1 aromatic heterocycles. The predicted octanol–water partition coefficient (Wildman–Crippen LogP) is 1.05. The van der Waals surface area contributed by atoms with Gasteiger partial charge in [-0.2, -0.15) is 0 Å². The van der Waals surface area contributed by atoms with Crippen LogP contribution in [0.1, 0.15) is 25.5 Å². The van der Waals surface area contributed by atoms with Gasteiger partial charge in [-0.05, 0) is 5.92 Å². The fraction of sp³-hybridized carbons (Fsp3) is 0.750. The summed E-state index contributed by atoms with van der Waals surface area (Å²) in [6.07, 6.45) is 1.81. The van der Waals surface area contributed by atoms with Crippen LogP contribution in [0.2, 0.25) is 0 Å². The van der Waals surface area contributed by atoms with Crippen LogP contribution in [0.25, 0.3) is 0 Å². The molecule has 0 N–H and O–H groups in total. The van der Waals surface area contributed by atoms with Crippen molar-refractivity contribution in [3.05, 3.63) is 11.9 Å². The van der Waals surface area contributed by atoms with Crippen molar-refractivity contribution >= 4 is 0 Å². The van der Waals surface area contributed by atoms with Gasteiger partial charge in [0.25, 0.3) is 0 Å². The summed E-state index contributed by atoms with van der Waals surface area (Å²) in [4.78, 5) is 0. The zero-order chi connectivity index (χ0) is 8.97. The Balaban J connectivity index is 2.64. The van der Waals surface area contributed by atoms with E-state index in [2.05, 4.69) is 24.2 Å². The van der Waals surface area contributed by atoms with Gasteiger partial charge in [-0.1, -0.05) is 19.1 Å². The van der Waals surface area contributed by atoms with E-state index in [4.69, 9.17) is 4.74 Å². The van der Waals surface area contributed by atoms with E-state index in [9.17, 15) is 0 Å². The second-order valence-electron chi connectivity index (χ2n) is 3.03. The van der Waals surface area contributed by atoms with Gasteiger partial charge in [0.1, 0.15) is 0 Å². The van der Waals surface area contributed by atoms with Crippen molar-refractivity contribution in [1.82, 2.24) is 15.0 Å². The van der Waals surface area contributed by atoms with Crippen LogP contribution in [0.3, 0.4) is 0 Å². The first-order valence-corrected chi connectivity index (χ1v) is 4.13. The Hall–Kier alpha value is -0.900. The number of methoxy groups -OCH3 is 1. The lowest BCUT2D eigenvalue weighted by Gasteiger charge is -2.07. The molecule has 0 saturated heterocycles. The van der Waals surface area contributed by atoms with Crippen molar-refractivity contribution in [3.63, 3.8) is 0 Å². The van der Waals surface area contributed by atoms with E-state index in [-0.39, 0.29) is 0 Å². The standard InChI is InChI=1S/C8H15N3O/c1-7(2)8-6-9-10-11(8)4-5-12-3/h6-7H,4-5H2,1-3H3. The molecule has 0 unspecified atom stereocenters. The van der Waals surface area contributed by atoms with Crippen LogP contribution in [0.5, 0.6) is 0 Å². The van der Waals surface area contributed by atoms with E-state index in [0.29, 0.717) is 12.5 Å². The number of rotatable bonds is 4. The van der Waals surface area contributed by atoms with Crippen molar-refractivity contribution in [2.75, 3.05) is 13.7 Å². The smallest absolute Gasteiger partial charge is 0.0727 e. The molecule has 4 nitrogen and oxygen atoms in total. The van der Waals surface area contributed by atoms with Gasteiger partial charge in [-0.3, -0.25) is 0 Å². The molecule has 1 aromatic rings. The second kappa shape index (κ2) is 4.21. The van der Waals surface area contributed by atoms with Gasteiger partial charge in [-0.25, -0.2) is 4.68 Å². The molecule has 0 aliphatic rings. The molecule has 4 heteroatoms. The molecule has 68 valence electrons. The fourth-order valence-electron chi connectivity index (χ4n) is 1.06. The number of hydrogen-bond acceptors (Lipinski definition) is 3. The molecule has 0 amide bonds. The van der Waals surface area contributed by atoms with Crippen LogP contribution in [0.4, 0.5) is 0 Å². The van der Waals surface area contributed by atoms with Crippen LogP contribution < -0.4 is 0 Å². The highest BCUT2D eigenvalue weighted by Gasteiger charge is 2.06. The SMILES string of the molecule is COCCn1nncc1C(C)C. The maximum absolute atomic E-state index is 4.96. The zero-order valence-electron chi connectivity index (χ0n) is 7.82. The average Bonchev–Trinajstić information content (AvgIpc) is 2.48. The van der Waals surface area contributed by atoms with Crippen LogP contribution in [-0.4, -0.2) is 28.7 Å². The van der Waals surface area contributed by atoms with Crippen LogP contribution >= 0.6 is 0 Å². The van der Waals surface area contributed by atoms with Gasteiger partial charge < -0.3 is 4.74 Å². The highest BCUT2D eigenvalue weighted by Crippen LogP contribution is 2.11. The quantitative estimate of drug-likeness (QED) is 0.676. The summed E-state index contributed by atoms with van der Waals surface area (Å²) >= 11 is 0. The number of ether oxygens (including phenoxy) is 1. The van der Waals surface area contributed by atoms with E-state index in [1.165, 1.54) is 0 Å². The molecule has 0 aliphatic heterocycles. The average molecular weight is 169 g/mol. The second-order valence-corrected chi connectivity index (χ2v) is 3.03. The third-order valence-electron chi connectivity index (χ3n) is 1.75. The molecule has 1 heterocycles. The lowest BCUT2D eigenvalue weighted by molar-refractivity contribution is 0.181. The first kappa shape index (κ1) is 9.19. The Labute approximate surface area is 72.5 Å². The predicted molar refractivity (Wildman–Crippen MR) is 46.0 cm³/mol. The molecular formula is C8H15N3O. The Kier molecular flexibility index (Phi) is 3.22. The summed E-state index contributed by atoms with van der Waals surface area (Å²) < 4.78 is 6.84. The van der Waals surface area contributed by atoms with Crippen LogP contribution in [0.15, 0.2) is 6.20 Å². The van der Waals surface area contributed by atoms with Gasteiger partial charge in [0.15, 0.2) is 0 Å². The van der Waals surface area contributed by atoms with E-state index in [1.807, 2.05) is 4.68 Å². The minimum absolute atomic E-state index is 0.469. The summed E-state index contributed by atoms with van der Waals surface area (Å²) in [6.45, 7) is 5.72. The third kappa shape index (κ3) is 2.04. The lowest BCUT2D eigenvalue weighted by Crippen LogP contribution is -2.10. The molecule has 0 atom stereocenters. The number of aromatic nitrogens is 3. The van der Waals surface area contributed by atoms with E-state index >= 15 is 0 Å². The van der Waals surface area contributed by atoms with Crippen LogP contribution in [-0.2, 0) is 11.3 Å².